The van der Waals surface area contributed by atoms with Gasteiger partial charge in [-0.3, -0.25) is 28.7 Å². The number of fused-ring (bicyclic) bond motifs is 5. The molecule has 4 aromatic heterocycles. The van der Waals surface area contributed by atoms with Crippen LogP contribution < -0.4 is 26.8 Å². The molecule has 0 fully saturated rings. The number of aromatic nitrogens is 7. The molecule has 2 aliphatic heterocycles. The molecule has 0 aliphatic carbocycles. The third-order valence-corrected chi connectivity index (χ3v) is 15.7. The number of nitrogens with zero attached hydrogens (tertiary/aromatic N) is 8. The number of nitrogens with one attached hydrogen (secondary N) is 4. The van der Waals surface area contributed by atoms with Crippen LogP contribution in [-0.4, -0.2) is 140 Å². The first-order valence-corrected chi connectivity index (χ1v) is 29.2. The Bertz CT molecular complexity index is 3220. The third-order valence-electron chi connectivity index (χ3n) is 13.9. The van der Waals surface area contributed by atoms with Crippen LogP contribution in [0.5, 0.6) is 0 Å². The number of esters is 1. The van der Waals surface area contributed by atoms with Crippen LogP contribution in [0.1, 0.15) is 106 Å². The standard InChI is InChI=1S/C53H69FN12O10S2/c1-8-53(73)38-22-43-47-36(27-66(43)50(71)37(38)29-76-51(53)72)34(35-21-32(4)39(54)23-41(35)59-47)15-14-20-77-30-58-45(68)26-55-48(69)40(16-11-13-18-64(5)6)60-49(70)46(31(2)3)61-44(67)17-10-9-12-19-65-28-42(62-63-65)33-24-56-52(57-25-33)78(7,74)75/h21-25,28,31,40,46,73H,8-20,26-27,29-30H2,1-7H3,(H,55,69)(H,58,68)(H,60,70)(H,61,67)/t40-,46-,53-/m0/s1. The van der Waals surface area contributed by atoms with Gasteiger partial charge in [0.25, 0.3) is 5.56 Å². The highest BCUT2D eigenvalue weighted by atomic mass is 32.2. The molecule has 0 unspecified atom stereocenters. The molecule has 0 bridgehead atoms. The molecule has 2 aliphatic rings. The van der Waals surface area contributed by atoms with Gasteiger partial charge in [0.05, 0.1) is 47.6 Å². The van der Waals surface area contributed by atoms with E-state index < -0.39 is 62.6 Å². The van der Waals surface area contributed by atoms with Crippen molar-refractivity contribution in [2.75, 3.05) is 45.1 Å². The van der Waals surface area contributed by atoms with E-state index in [4.69, 9.17) is 9.72 Å². The molecular formula is C53H69FN12O10S2. The number of ether oxygens (including phenoxy) is 1. The molecular weight excluding hydrogens is 1050 g/mol. The maximum Gasteiger partial charge on any atom is 0.343 e. The molecule has 0 radical (unpaired) electrons. The zero-order valence-corrected chi connectivity index (χ0v) is 46.7. The maximum atomic E-state index is 15.0. The number of amides is 4. The number of halogens is 1. The van der Waals surface area contributed by atoms with Gasteiger partial charge in [-0.25, -0.2) is 32.6 Å². The van der Waals surface area contributed by atoms with E-state index in [1.54, 1.807) is 55.3 Å². The van der Waals surface area contributed by atoms with Crippen molar-refractivity contribution >= 4 is 62.1 Å². The van der Waals surface area contributed by atoms with Crippen molar-refractivity contribution in [1.29, 1.82) is 0 Å². The van der Waals surface area contributed by atoms with Crippen molar-refractivity contribution in [1.82, 2.24) is 60.7 Å². The van der Waals surface area contributed by atoms with Crippen LogP contribution in [-0.2, 0) is 70.3 Å². The number of aryl methyl sites for hydroxylation is 3. The van der Waals surface area contributed by atoms with E-state index in [0.717, 1.165) is 35.7 Å². The fourth-order valence-corrected chi connectivity index (χ4v) is 10.7. The number of cyclic esters (lactones) is 1. The Morgan fingerprint density at radius 1 is 0.962 bits per heavy atom. The highest BCUT2D eigenvalue weighted by Crippen LogP contribution is 2.41. The number of benzene rings is 1. The number of pyridine rings is 2. The molecule has 0 saturated carbocycles. The van der Waals surface area contributed by atoms with Gasteiger partial charge < -0.3 is 40.6 Å². The van der Waals surface area contributed by atoms with Crippen LogP contribution in [0.2, 0.25) is 0 Å². The van der Waals surface area contributed by atoms with Gasteiger partial charge in [0.15, 0.2) is 5.60 Å². The number of sulfone groups is 1. The summed E-state index contributed by atoms with van der Waals surface area (Å²) in [5, 5.41) is 31.2. The molecule has 4 amide bonds. The molecule has 1 aromatic carbocycles. The Labute approximate surface area is 456 Å². The van der Waals surface area contributed by atoms with E-state index in [-0.39, 0.29) is 66.5 Å². The van der Waals surface area contributed by atoms with Gasteiger partial charge in [-0.1, -0.05) is 32.4 Å². The lowest BCUT2D eigenvalue weighted by atomic mass is 9.86. The number of hydrogen-bond acceptors (Lipinski definition) is 17. The van der Waals surface area contributed by atoms with Crippen molar-refractivity contribution in [3.05, 3.63) is 80.8 Å². The number of carbonyl (C=O) groups excluding carboxylic acids is 5. The quantitative estimate of drug-likeness (QED) is 0.0214. The molecule has 22 nitrogen and oxygen atoms in total. The fraction of sp³-hybridized carbons (Fsp3) is 0.528. The molecule has 5 aromatic rings. The number of aliphatic hydroxyl groups is 1. The van der Waals surface area contributed by atoms with Crippen molar-refractivity contribution in [3.8, 4) is 22.6 Å². The normalized spacial score (nSPS) is 15.6. The van der Waals surface area contributed by atoms with Crippen molar-refractivity contribution in [2.45, 2.75) is 134 Å². The Kier molecular flexibility index (Phi) is 19.5. The second-order valence-corrected chi connectivity index (χ2v) is 23.5. The van der Waals surface area contributed by atoms with Crippen molar-refractivity contribution in [3.63, 3.8) is 0 Å². The van der Waals surface area contributed by atoms with E-state index >= 15 is 0 Å². The van der Waals surface area contributed by atoms with Crippen LogP contribution in [0, 0.1) is 18.7 Å². The lowest BCUT2D eigenvalue weighted by Crippen LogP contribution is -2.56. The fourth-order valence-electron chi connectivity index (χ4n) is 9.49. The minimum absolute atomic E-state index is 0.000175. The van der Waals surface area contributed by atoms with Crippen LogP contribution in [0.4, 0.5) is 4.39 Å². The number of carbonyl (C=O) groups is 5. The molecule has 7 rings (SSSR count). The molecule has 6 heterocycles. The second-order valence-electron chi connectivity index (χ2n) is 20.5. The zero-order chi connectivity index (χ0) is 56.5. The summed E-state index contributed by atoms with van der Waals surface area (Å²) < 4.78 is 46.8. The van der Waals surface area contributed by atoms with Gasteiger partial charge >= 0.3 is 5.97 Å². The lowest BCUT2D eigenvalue weighted by molar-refractivity contribution is -0.172. The SMILES string of the molecule is CC[C@@]1(O)C(=O)OCc2c1cc1n(c2=O)Cc2c-1nc1cc(F)c(C)cc1c2CCCSCNC(=O)CNC(=O)[C@H](CCCCN(C)C)NC(=O)[C@@H](NC(=O)CCCCCn1cc(-c2cnc(S(C)(=O)=O)nc2)nn1)C(C)C. The minimum atomic E-state index is -3.54. The van der Waals surface area contributed by atoms with E-state index in [1.807, 2.05) is 19.0 Å². The van der Waals surface area contributed by atoms with Gasteiger partial charge in [-0.05, 0) is 114 Å². The summed E-state index contributed by atoms with van der Waals surface area (Å²) in [5.74, 6) is -2.46. The third kappa shape index (κ3) is 14.1. The molecule has 0 spiro atoms. The number of unbranched alkanes of at least 4 members (excludes halogenated alkanes) is 3. The summed E-state index contributed by atoms with van der Waals surface area (Å²) in [7, 11) is 0.352. The second kappa shape index (κ2) is 25.8. The predicted octanol–water partition coefficient (Wildman–Crippen LogP) is 3.45. The van der Waals surface area contributed by atoms with Gasteiger partial charge in [-0.2, -0.15) is 0 Å². The van der Waals surface area contributed by atoms with Gasteiger partial charge in [-0.15, -0.1) is 16.9 Å². The zero-order valence-electron chi connectivity index (χ0n) is 45.1. The Morgan fingerprint density at radius 3 is 2.42 bits per heavy atom. The average Bonchev–Trinajstić information content (AvgIpc) is 4.03. The molecule has 420 valence electrons. The Hall–Kier alpha value is -6.70. The van der Waals surface area contributed by atoms with Crippen molar-refractivity contribution < 1.29 is 46.6 Å². The molecule has 3 atom stereocenters. The highest BCUT2D eigenvalue weighted by Gasteiger charge is 2.45. The monoisotopic (exact) mass is 1120 g/mol. The van der Waals surface area contributed by atoms with E-state index in [0.29, 0.717) is 91.0 Å². The lowest BCUT2D eigenvalue weighted by Gasteiger charge is -2.31. The van der Waals surface area contributed by atoms with E-state index in [1.165, 1.54) is 30.2 Å². The largest absolute Gasteiger partial charge is 0.458 e. The summed E-state index contributed by atoms with van der Waals surface area (Å²) in [6, 6.07) is 2.89. The maximum absolute atomic E-state index is 15.0. The number of hydrogen-bond donors (Lipinski definition) is 5. The Balaban J connectivity index is 0.874. The molecule has 5 N–H and O–H groups in total. The first-order valence-electron chi connectivity index (χ1n) is 26.2. The van der Waals surface area contributed by atoms with Crippen molar-refractivity contribution in [2.24, 2.45) is 5.92 Å². The number of rotatable bonds is 27. The summed E-state index contributed by atoms with van der Waals surface area (Å²) in [6.07, 6.45) is 10.4. The summed E-state index contributed by atoms with van der Waals surface area (Å²) in [6.45, 7) is 7.82. The first-order chi connectivity index (χ1) is 37.1. The molecule has 25 heteroatoms. The van der Waals surface area contributed by atoms with Gasteiger partial charge in [0.2, 0.25) is 38.6 Å². The Morgan fingerprint density at radius 2 is 1.72 bits per heavy atom. The predicted molar refractivity (Wildman–Crippen MR) is 290 cm³/mol. The minimum Gasteiger partial charge on any atom is -0.458 e. The molecule has 0 saturated heterocycles. The summed E-state index contributed by atoms with van der Waals surface area (Å²) in [4.78, 5) is 94.7. The topological polar surface area (TPSA) is 292 Å². The summed E-state index contributed by atoms with van der Waals surface area (Å²) in [5.41, 5.74) is 2.49. The van der Waals surface area contributed by atoms with Crippen LogP contribution >= 0.6 is 11.8 Å². The number of thioether (sulfide) groups is 1. The van der Waals surface area contributed by atoms with E-state index in [2.05, 4.69) is 41.5 Å². The molecule has 78 heavy (non-hydrogen) atoms. The van der Waals surface area contributed by atoms with Crippen LogP contribution in [0.3, 0.4) is 0 Å². The van der Waals surface area contributed by atoms with Crippen LogP contribution in [0.15, 0.2) is 46.7 Å². The summed E-state index contributed by atoms with van der Waals surface area (Å²) >= 11 is 1.47. The van der Waals surface area contributed by atoms with Gasteiger partial charge in [0, 0.05) is 59.8 Å². The first kappa shape index (κ1) is 59.0. The van der Waals surface area contributed by atoms with E-state index in [9.17, 15) is 46.7 Å². The average molecular weight is 1120 g/mol. The van der Waals surface area contributed by atoms with Crippen LogP contribution in [0.25, 0.3) is 33.5 Å². The smallest absolute Gasteiger partial charge is 0.343 e. The van der Waals surface area contributed by atoms with Gasteiger partial charge in [0.1, 0.15) is 30.2 Å². The highest BCUT2D eigenvalue weighted by molar-refractivity contribution is 7.99.